The van der Waals surface area contributed by atoms with E-state index in [1.165, 1.54) is 0 Å². The molecule has 1 amide bonds. The zero-order valence-corrected chi connectivity index (χ0v) is 14.9. The van der Waals surface area contributed by atoms with E-state index in [0.29, 0.717) is 24.9 Å². The van der Waals surface area contributed by atoms with Gasteiger partial charge in [0.25, 0.3) is 5.89 Å². The molecule has 130 valence electrons. The minimum absolute atomic E-state index is 0.0813. The third kappa shape index (κ3) is 4.00. The van der Waals surface area contributed by atoms with Gasteiger partial charge in [0.05, 0.1) is 17.5 Å². The van der Waals surface area contributed by atoms with E-state index >= 15 is 0 Å². The maximum atomic E-state index is 11.7. The summed E-state index contributed by atoms with van der Waals surface area (Å²) in [5.41, 5.74) is 0. The molecular formula is C16H23N5O2S. The number of rotatable bonds is 6. The third-order valence-corrected chi connectivity index (χ3v) is 5.08. The van der Waals surface area contributed by atoms with Crippen LogP contribution in [0, 0.1) is 0 Å². The Hall–Kier alpha value is -1.77. The van der Waals surface area contributed by atoms with Crippen molar-refractivity contribution in [2.75, 3.05) is 39.3 Å². The summed E-state index contributed by atoms with van der Waals surface area (Å²) < 4.78 is 5.84. The maximum Gasteiger partial charge on any atom is 0.257 e. The molecule has 2 aromatic heterocycles. The zero-order chi connectivity index (χ0) is 16.9. The molecule has 7 nitrogen and oxygen atoms in total. The van der Waals surface area contributed by atoms with Crippen molar-refractivity contribution in [3.05, 3.63) is 23.4 Å². The maximum absolute atomic E-state index is 11.7. The van der Waals surface area contributed by atoms with E-state index in [0.717, 1.165) is 31.1 Å². The van der Waals surface area contributed by atoms with Gasteiger partial charge in [-0.1, -0.05) is 6.07 Å². The summed E-state index contributed by atoms with van der Waals surface area (Å²) in [5.74, 6) is 1.33. The van der Waals surface area contributed by atoms with Crippen LogP contribution in [0.25, 0.3) is 10.8 Å². The Morgan fingerprint density at radius 1 is 1.38 bits per heavy atom. The number of hydrogen-bond acceptors (Lipinski definition) is 7. The van der Waals surface area contributed by atoms with E-state index in [4.69, 9.17) is 4.42 Å². The number of nitrogens with zero attached hydrogens (tertiary/aromatic N) is 4. The Balaban J connectivity index is 1.54. The minimum Gasteiger partial charge on any atom is -0.418 e. The molecule has 24 heavy (non-hydrogen) atoms. The van der Waals surface area contributed by atoms with Gasteiger partial charge in [-0.15, -0.1) is 21.5 Å². The molecule has 0 saturated carbocycles. The van der Waals surface area contributed by atoms with Crippen LogP contribution in [0.15, 0.2) is 21.9 Å². The van der Waals surface area contributed by atoms with Crippen molar-refractivity contribution in [3.8, 4) is 10.8 Å². The summed E-state index contributed by atoms with van der Waals surface area (Å²) in [6.45, 7) is 8.69. The molecule has 0 aliphatic carbocycles. The van der Waals surface area contributed by atoms with Crippen LogP contribution >= 0.6 is 11.3 Å². The van der Waals surface area contributed by atoms with Crippen LogP contribution in [0.4, 0.5) is 0 Å². The molecule has 0 spiro atoms. The Kier molecular flexibility index (Phi) is 5.60. The van der Waals surface area contributed by atoms with Crippen molar-refractivity contribution in [2.45, 2.75) is 19.9 Å². The summed E-state index contributed by atoms with van der Waals surface area (Å²) >= 11 is 1.59. The number of hydrogen-bond donors (Lipinski definition) is 1. The predicted octanol–water partition coefficient (Wildman–Crippen LogP) is 1.61. The molecule has 1 aliphatic heterocycles. The fourth-order valence-corrected chi connectivity index (χ4v) is 3.47. The first-order valence-electron chi connectivity index (χ1n) is 8.27. The van der Waals surface area contributed by atoms with E-state index in [1.54, 1.807) is 11.3 Å². The van der Waals surface area contributed by atoms with Crippen molar-refractivity contribution in [1.29, 1.82) is 0 Å². The second-order valence-electron chi connectivity index (χ2n) is 5.86. The summed E-state index contributed by atoms with van der Waals surface area (Å²) in [4.78, 5) is 17.2. The van der Waals surface area contributed by atoms with Gasteiger partial charge in [-0.05, 0) is 25.3 Å². The first-order chi connectivity index (χ1) is 11.7. The number of nitrogens with one attached hydrogen (secondary N) is 1. The average Bonchev–Trinajstić information content (AvgIpc) is 3.26. The van der Waals surface area contributed by atoms with E-state index in [1.807, 2.05) is 24.4 Å². The van der Waals surface area contributed by atoms with E-state index < -0.39 is 0 Å². The van der Waals surface area contributed by atoms with E-state index in [-0.39, 0.29) is 11.9 Å². The highest BCUT2D eigenvalue weighted by molar-refractivity contribution is 7.13. The first-order valence-corrected chi connectivity index (χ1v) is 9.15. The number of amides is 1. The molecule has 0 radical (unpaired) electrons. The average molecular weight is 349 g/mol. The first kappa shape index (κ1) is 17.1. The van der Waals surface area contributed by atoms with Crippen molar-refractivity contribution >= 4 is 17.2 Å². The normalized spacial score (nSPS) is 17.8. The molecule has 1 N–H and O–H groups in total. The lowest BCUT2D eigenvalue weighted by Gasteiger charge is -2.36. The number of carbonyl (C=O) groups excluding carboxylic acids is 1. The molecule has 2 aromatic rings. The van der Waals surface area contributed by atoms with Crippen LogP contribution in [0.2, 0.25) is 0 Å². The highest BCUT2D eigenvalue weighted by atomic mass is 32.1. The predicted molar refractivity (Wildman–Crippen MR) is 92.7 cm³/mol. The molecule has 1 fully saturated rings. The van der Waals surface area contributed by atoms with Crippen LogP contribution in [-0.2, 0) is 4.79 Å². The van der Waals surface area contributed by atoms with E-state index in [2.05, 4.69) is 32.2 Å². The second-order valence-corrected chi connectivity index (χ2v) is 6.81. The van der Waals surface area contributed by atoms with Gasteiger partial charge in [0.15, 0.2) is 0 Å². The number of piperazine rings is 1. The Morgan fingerprint density at radius 2 is 2.17 bits per heavy atom. The fraction of sp³-hybridized carbons (Fsp3) is 0.562. The molecule has 1 atom stereocenters. The molecular weight excluding hydrogens is 326 g/mol. The molecule has 1 saturated heterocycles. The van der Waals surface area contributed by atoms with Gasteiger partial charge in [-0.3, -0.25) is 14.6 Å². The zero-order valence-electron chi connectivity index (χ0n) is 14.1. The smallest absolute Gasteiger partial charge is 0.257 e. The van der Waals surface area contributed by atoms with Gasteiger partial charge >= 0.3 is 0 Å². The van der Waals surface area contributed by atoms with Crippen LogP contribution < -0.4 is 5.32 Å². The second kappa shape index (κ2) is 7.87. The van der Waals surface area contributed by atoms with Crippen LogP contribution in [-0.4, -0.2) is 65.2 Å². The Bertz CT molecular complexity index is 649. The fourth-order valence-electron chi connectivity index (χ4n) is 2.82. The van der Waals surface area contributed by atoms with E-state index in [9.17, 15) is 4.79 Å². The SMILES string of the molecule is CCNC(=O)CN1CCN(C(C)c2nnc(-c3cccs3)o2)CC1. The monoisotopic (exact) mass is 349 g/mol. The number of likely N-dealkylation sites (N-methyl/N-ethyl adjacent to an activating group) is 1. The topological polar surface area (TPSA) is 74.5 Å². The molecule has 1 aliphatic rings. The van der Waals surface area contributed by atoms with Crippen LogP contribution in [0.3, 0.4) is 0 Å². The minimum atomic E-state index is 0.0813. The van der Waals surface area contributed by atoms with Crippen molar-refractivity contribution in [2.24, 2.45) is 0 Å². The third-order valence-electron chi connectivity index (χ3n) is 4.23. The standard InChI is InChI=1S/C16H23N5O2S/c1-3-17-14(22)11-20-6-8-21(9-7-20)12(2)15-18-19-16(23-15)13-5-4-10-24-13/h4-5,10,12H,3,6-9,11H2,1-2H3,(H,17,22). The summed E-state index contributed by atoms with van der Waals surface area (Å²) in [6, 6.07) is 4.03. The molecule has 0 aromatic carbocycles. The van der Waals surface area contributed by atoms with Gasteiger partial charge in [-0.2, -0.15) is 0 Å². The van der Waals surface area contributed by atoms with Gasteiger partial charge in [0.2, 0.25) is 11.8 Å². The number of thiophene rings is 1. The van der Waals surface area contributed by atoms with Gasteiger partial charge in [0, 0.05) is 32.7 Å². The lowest BCUT2D eigenvalue weighted by Crippen LogP contribution is -2.50. The molecule has 3 rings (SSSR count). The van der Waals surface area contributed by atoms with Gasteiger partial charge in [0.1, 0.15) is 0 Å². The Morgan fingerprint density at radius 3 is 2.83 bits per heavy atom. The Labute approximate surface area is 145 Å². The van der Waals surface area contributed by atoms with Gasteiger partial charge in [-0.25, -0.2) is 0 Å². The lowest BCUT2D eigenvalue weighted by molar-refractivity contribution is -0.122. The summed E-state index contributed by atoms with van der Waals surface area (Å²) in [7, 11) is 0. The molecule has 0 bridgehead atoms. The van der Waals surface area contributed by atoms with Crippen molar-refractivity contribution in [1.82, 2.24) is 25.3 Å². The molecule has 8 heteroatoms. The summed E-state index contributed by atoms with van der Waals surface area (Å²) in [6.07, 6.45) is 0. The highest BCUT2D eigenvalue weighted by Crippen LogP contribution is 2.27. The molecule has 3 heterocycles. The van der Waals surface area contributed by atoms with Gasteiger partial charge < -0.3 is 9.73 Å². The number of aromatic nitrogens is 2. The quantitative estimate of drug-likeness (QED) is 0.854. The molecule has 1 unspecified atom stereocenters. The number of carbonyl (C=O) groups is 1. The highest BCUT2D eigenvalue weighted by Gasteiger charge is 2.26. The summed E-state index contributed by atoms with van der Waals surface area (Å²) in [5, 5.41) is 13.2. The lowest BCUT2D eigenvalue weighted by atomic mass is 10.2. The largest absolute Gasteiger partial charge is 0.418 e. The van der Waals surface area contributed by atoms with Crippen molar-refractivity contribution < 1.29 is 9.21 Å². The van der Waals surface area contributed by atoms with Crippen LogP contribution in [0.5, 0.6) is 0 Å². The van der Waals surface area contributed by atoms with Crippen LogP contribution in [0.1, 0.15) is 25.8 Å². The van der Waals surface area contributed by atoms with Crippen molar-refractivity contribution in [3.63, 3.8) is 0 Å².